The summed E-state index contributed by atoms with van der Waals surface area (Å²) in [6, 6.07) is 6.97. The topological polar surface area (TPSA) is 62.5 Å². The maximum absolute atomic E-state index is 11.3. The molecule has 4 nitrogen and oxygen atoms in total. The Kier molecular flexibility index (Phi) is 1.98. The monoisotopic (exact) mass is 191 g/mol. The van der Waals surface area contributed by atoms with E-state index in [0.717, 1.165) is 4.73 Å². The average Bonchev–Trinajstić information content (AvgIpc) is 2.56. The van der Waals surface area contributed by atoms with E-state index in [1.165, 1.54) is 6.20 Å². The number of nitrogens with zero attached hydrogens (tertiary/aromatic N) is 1. The lowest BCUT2D eigenvalue weighted by atomic mass is 10.1. The van der Waals surface area contributed by atoms with Gasteiger partial charge in [0.15, 0.2) is 5.78 Å². The molecule has 0 aliphatic heterocycles. The molecule has 0 spiro atoms. The molecule has 14 heavy (non-hydrogen) atoms. The summed E-state index contributed by atoms with van der Waals surface area (Å²) in [5.74, 6) is -0.394. The van der Waals surface area contributed by atoms with Crippen molar-refractivity contribution in [1.29, 1.82) is 0 Å². The number of aliphatic hydroxyl groups is 1. The Morgan fingerprint density at radius 2 is 2.07 bits per heavy atom. The van der Waals surface area contributed by atoms with E-state index >= 15 is 0 Å². The first-order valence-corrected chi connectivity index (χ1v) is 4.17. The lowest BCUT2D eigenvalue weighted by Crippen LogP contribution is -2.03. The molecule has 1 heterocycles. The van der Waals surface area contributed by atoms with E-state index in [0.29, 0.717) is 16.5 Å². The molecular weight excluding hydrogens is 182 g/mol. The molecule has 0 saturated heterocycles. The van der Waals surface area contributed by atoms with Crippen LogP contribution in [0.2, 0.25) is 0 Å². The summed E-state index contributed by atoms with van der Waals surface area (Å²) in [5, 5.41) is 18.8. The van der Waals surface area contributed by atoms with Crippen molar-refractivity contribution in [3.05, 3.63) is 36.0 Å². The summed E-state index contributed by atoms with van der Waals surface area (Å²) >= 11 is 0. The third kappa shape index (κ3) is 1.16. The van der Waals surface area contributed by atoms with Crippen LogP contribution in [0.5, 0.6) is 0 Å². The minimum absolute atomic E-state index is 0.339. The van der Waals surface area contributed by atoms with Crippen molar-refractivity contribution in [1.82, 2.24) is 4.73 Å². The van der Waals surface area contributed by atoms with Gasteiger partial charge in [0.05, 0.1) is 11.7 Å². The zero-order chi connectivity index (χ0) is 10.1. The summed E-state index contributed by atoms with van der Waals surface area (Å²) in [6.45, 7) is -0.548. The first kappa shape index (κ1) is 8.77. The van der Waals surface area contributed by atoms with E-state index in [9.17, 15) is 10.0 Å². The number of carbonyl (C=O) groups excluding carboxylic acids is 1. The van der Waals surface area contributed by atoms with Crippen LogP contribution in [-0.2, 0) is 0 Å². The van der Waals surface area contributed by atoms with Crippen LogP contribution in [0.15, 0.2) is 30.5 Å². The second-order valence-electron chi connectivity index (χ2n) is 2.99. The van der Waals surface area contributed by atoms with Gasteiger partial charge in [0.25, 0.3) is 0 Å². The van der Waals surface area contributed by atoms with E-state index in [2.05, 4.69) is 0 Å². The number of Topliss-reactive ketones (excluding diaryl/α,β-unsaturated/α-hetero) is 1. The van der Waals surface area contributed by atoms with Crippen molar-refractivity contribution in [2.45, 2.75) is 0 Å². The smallest absolute Gasteiger partial charge is 0.190 e. The maximum atomic E-state index is 11.3. The van der Waals surface area contributed by atoms with Crippen LogP contribution >= 0.6 is 0 Å². The largest absolute Gasteiger partial charge is 0.428 e. The summed E-state index contributed by atoms with van der Waals surface area (Å²) in [4.78, 5) is 11.3. The Hall–Kier alpha value is -1.81. The van der Waals surface area contributed by atoms with Gasteiger partial charge < -0.3 is 10.3 Å². The number of aromatic nitrogens is 1. The SMILES string of the molecule is O=C(CO)c1cn(O)c2ccccc12. The van der Waals surface area contributed by atoms with E-state index in [4.69, 9.17) is 5.11 Å². The second kappa shape index (κ2) is 3.16. The number of benzene rings is 1. The van der Waals surface area contributed by atoms with Gasteiger partial charge in [0, 0.05) is 10.9 Å². The third-order valence-corrected chi connectivity index (χ3v) is 2.14. The first-order chi connectivity index (χ1) is 6.74. The molecule has 0 atom stereocenters. The fourth-order valence-corrected chi connectivity index (χ4v) is 1.47. The van der Waals surface area contributed by atoms with Gasteiger partial charge in [-0.3, -0.25) is 4.79 Å². The van der Waals surface area contributed by atoms with Gasteiger partial charge in [0.1, 0.15) is 6.61 Å². The highest BCUT2D eigenvalue weighted by Gasteiger charge is 2.12. The number of hydrogen-bond donors (Lipinski definition) is 2. The van der Waals surface area contributed by atoms with Crippen molar-refractivity contribution >= 4 is 16.7 Å². The van der Waals surface area contributed by atoms with Crippen LogP contribution in [0.3, 0.4) is 0 Å². The number of carbonyl (C=O) groups is 1. The van der Waals surface area contributed by atoms with Crippen LogP contribution < -0.4 is 0 Å². The van der Waals surface area contributed by atoms with Crippen LogP contribution in [0, 0.1) is 0 Å². The van der Waals surface area contributed by atoms with Crippen LogP contribution in [0.1, 0.15) is 10.4 Å². The van der Waals surface area contributed by atoms with Crippen molar-refractivity contribution in [3.8, 4) is 0 Å². The lowest BCUT2D eigenvalue weighted by Gasteiger charge is -1.93. The highest BCUT2D eigenvalue weighted by atomic mass is 16.5. The van der Waals surface area contributed by atoms with Crippen LogP contribution in [-0.4, -0.2) is 27.4 Å². The number of para-hydroxylation sites is 1. The minimum atomic E-state index is -0.548. The molecule has 1 aromatic carbocycles. The van der Waals surface area contributed by atoms with E-state index in [1.54, 1.807) is 24.3 Å². The molecule has 0 unspecified atom stereocenters. The van der Waals surface area contributed by atoms with E-state index in [1.807, 2.05) is 0 Å². The molecule has 0 amide bonds. The molecule has 72 valence electrons. The number of rotatable bonds is 2. The molecule has 0 saturated carbocycles. The summed E-state index contributed by atoms with van der Waals surface area (Å²) in [7, 11) is 0. The first-order valence-electron chi connectivity index (χ1n) is 4.17. The third-order valence-electron chi connectivity index (χ3n) is 2.14. The lowest BCUT2D eigenvalue weighted by molar-refractivity contribution is 0.0903. The molecular formula is C10H9NO3. The summed E-state index contributed by atoms with van der Waals surface area (Å²) in [5.41, 5.74) is 0.898. The van der Waals surface area contributed by atoms with Gasteiger partial charge in [-0.15, -0.1) is 0 Å². The van der Waals surface area contributed by atoms with Crippen molar-refractivity contribution in [2.24, 2.45) is 0 Å². The van der Waals surface area contributed by atoms with Crippen molar-refractivity contribution in [3.63, 3.8) is 0 Å². The van der Waals surface area contributed by atoms with Gasteiger partial charge in [-0.2, -0.15) is 4.73 Å². The van der Waals surface area contributed by atoms with Gasteiger partial charge in [-0.25, -0.2) is 0 Å². The number of fused-ring (bicyclic) bond motifs is 1. The molecule has 2 N–H and O–H groups in total. The summed E-state index contributed by atoms with van der Waals surface area (Å²) in [6.07, 6.45) is 1.31. The highest BCUT2D eigenvalue weighted by molar-refractivity contribution is 6.08. The molecule has 0 radical (unpaired) electrons. The van der Waals surface area contributed by atoms with Crippen LogP contribution in [0.4, 0.5) is 0 Å². The summed E-state index contributed by atoms with van der Waals surface area (Å²) < 4.78 is 0.887. The quantitative estimate of drug-likeness (QED) is 0.551. The van der Waals surface area contributed by atoms with Gasteiger partial charge in [-0.1, -0.05) is 18.2 Å². The molecule has 4 heteroatoms. The maximum Gasteiger partial charge on any atom is 0.190 e. The molecule has 0 bridgehead atoms. The van der Waals surface area contributed by atoms with Gasteiger partial charge in [-0.05, 0) is 6.07 Å². The zero-order valence-corrected chi connectivity index (χ0v) is 7.34. The Morgan fingerprint density at radius 1 is 1.36 bits per heavy atom. The normalized spacial score (nSPS) is 10.6. The van der Waals surface area contributed by atoms with E-state index in [-0.39, 0.29) is 0 Å². The molecule has 2 aromatic rings. The Morgan fingerprint density at radius 3 is 2.79 bits per heavy atom. The second-order valence-corrected chi connectivity index (χ2v) is 2.99. The standard InChI is InChI=1S/C10H9NO3/c12-6-10(13)8-5-11(14)9-4-2-1-3-7(8)9/h1-5,12,14H,6H2. The molecule has 0 aliphatic rings. The minimum Gasteiger partial charge on any atom is -0.428 e. The Balaban J connectivity index is 2.72. The fourth-order valence-electron chi connectivity index (χ4n) is 1.47. The molecule has 2 rings (SSSR count). The van der Waals surface area contributed by atoms with Gasteiger partial charge >= 0.3 is 0 Å². The average molecular weight is 191 g/mol. The Labute approximate surface area is 80.0 Å². The Bertz CT molecular complexity index is 487. The van der Waals surface area contributed by atoms with Gasteiger partial charge in [0.2, 0.25) is 0 Å². The molecule has 0 aliphatic carbocycles. The van der Waals surface area contributed by atoms with E-state index < -0.39 is 12.4 Å². The van der Waals surface area contributed by atoms with Crippen molar-refractivity contribution < 1.29 is 15.1 Å². The van der Waals surface area contributed by atoms with Crippen LogP contribution in [0.25, 0.3) is 10.9 Å². The zero-order valence-electron chi connectivity index (χ0n) is 7.34. The predicted molar refractivity (Wildman–Crippen MR) is 50.5 cm³/mol. The fraction of sp³-hybridized carbons (Fsp3) is 0.100. The molecule has 1 aromatic heterocycles. The predicted octanol–water partition coefficient (Wildman–Crippen LogP) is 1.05. The number of hydrogen-bond acceptors (Lipinski definition) is 3. The molecule has 0 fully saturated rings. The van der Waals surface area contributed by atoms with Crippen molar-refractivity contribution in [2.75, 3.05) is 6.61 Å². The number of ketones is 1. The number of aliphatic hydroxyl groups excluding tert-OH is 1. The highest BCUT2D eigenvalue weighted by Crippen LogP contribution is 2.20.